The van der Waals surface area contributed by atoms with Crippen LogP contribution in [-0.2, 0) is 0 Å². The highest BCUT2D eigenvalue weighted by Gasteiger charge is 2.11. The first-order valence-electron chi connectivity index (χ1n) is 4.38. The average Bonchev–Trinajstić information content (AvgIpc) is 2.70. The van der Waals surface area contributed by atoms with Crippen molar-refractivity contribution in [1.29, 1.82) is 0 Å². The summed E-state index contributed by atoms with van der Waals surface area (Å²) in [4.78, 5) is 14.8. The molecule has 2 aromatic rings. The van der Waals surface area contributed by atoms with Crippen molar-refractivity contribution in [2.24, 2.45) is 0 Å². The summed E-state index contributed by atoms with van der Waals surface area (Å²) in [5.74, 6) is -0.978. The summed E-state index contributed by atoms with van der Waals surface area (Å²) in [5.41, 5.74) is 1.53. The Morgan fingerprint density at radius 3 is 2.87 bits per heavy atom. The Morgan fingerprint density at radius 1 is 1.47 bits per heavy atom. The van der Waals surface area contributed by atoms with Gasteiger partial charge in [0.1, 0.15) is 0 Å². The Hall–Kier alpha value is -2.17. The molecule has 0 unspecified atom stereocenters. The van der Waals surface area contributed by atoms with E-state index in [1.165, 1.54) is 6.20 Å². The van der Waals surface area contributed by atoms with Gasteiger partial charge in [0.2, 0.25) is 0 Å². The Kier molecular flexibility index (Phi) is 2.21. The molecule has 2 rings (SSSR count). The number of carbonyl (C=O) groups is 1. The van der Waals surface area contributed by atoms with E-state index in [1.807, 2.05) is 0 Å². The van der Waals surface area contributed by atoms with Crippen molar-refractivity contribution in [3.63, 3.8) is 0 Å². The van der Waals surface area contributed by atoms with E-state index >= 15 is 0 Å². The van der Waals surface area contributed by atoms with E-state index in [-0.39, 0.29) is 5.56 Å². The van der Waals surface area contributed by atoms with Crippen molar-refractivity contribution in [3.05, 3.63) is 42.0 Å². The zero-order valence-corrected chi connectivity index (χ0v) is 8.08. The van der Waals surface area contributed by atoms with Gasteiger partial charge in [0.15, 0.2) is 0 Å². The second-order valence-corrected chi connectivity index (χ2v) is 3.09. The molecule has 2 aromatic heterocycles. The molecule has 0 bridgehead atoms. The molecule has 2 heterocycles. The molecule has 76 valence electrons. The Labute approximate surface area is 86.0 Å². The SMILES string of the molecule is Cc1c(C(=O)O)cncc1-n1cccn1. The molecule has 0 aromatic carbocycles. The van der Waals surface area contributed by atoms with Crippen LogP contribution in [0.25, 0.3) is 5.69 Å². The Bertz CT molecular complexity index is 491. The molecule has 0 spiro atoms. The van der Waals surface area contributed by atoms with Gasteiger partial charge < -0.3 is 5.11 Å². The average molecular weight is 203 g/mol. The van der Waals surface area contributed by atoms with Crippen molar-refractivity contribution in [1.82, 2.24) is 14.8 Å². The third-order valence-corrected chi connectivity index (χ3v) is 2.17. The monoisotopic (exact) mass is 203 g/mol. The highest BCUT2D eigenvalue weighted by atomic mass is 16.4. The topological polar surface area (TPSA) is 68.0 Å². The predicted octanol–water partition coefficient (Wildman–Crippen LogP) is 1.27. The number of aromatic nitrogens is 3. The summed E-state index contributed by atoms with van der Waals surface area (Å²) in [6.45, 7) is 1.74. The smallest absolute Gasteiger partial charge is 0.337 e. The summed E-state index contributed by atoms with van der Waals surface area (Å²) in [7, 11) is 0. The number of hydrogen-bond acceptors (Lipinski definition) is 3. The van der Waals surface area contributed by atoms with Gasteiger partial charge in [0.25, 0.3) is 0 Å². The molecule has 0 fully saturated rings. The summed E-state index contributed by atoms with van der Waals surface area (Å²) in [5, 5.41) is 12.9. The van der Waals surface area contributed by atoms with Crippen molar-refractivity contribution in [2.75, 3.05) is 0 Å². The molecule has 0 aliphatic carbocycles. The van der Waals surface area contributed by atoms with E-state index in [4.69, 9.17) is 5.11 Å². The van der Waals surface area contributed by atoms with Gasteiger partial charge in [-0.15, -0.1) is 0 Å². The molecule has 1 N–H and O–H groups in total. The zero-order valence-electron chi connectivity index (χ0n) is 8.08. The van der Waals surface area contributed by atoms with Crippen LogP contribution >= 0.6 is 0 Å². The minimum absolute atomic E-state index is 0.197. The molecule has 0 amide bonds. The molecule has 0 aliphatic rings. The van der Waals surface area contributed by atoms with Gasteiger partial charge in [-0.25, -0.2) is 9.48 Å². The second-order valence-electron chi connectivity index (χ2n) is 3.09. The van der Waals surface area contributed by atoms with Crippen molar-refractivity contribution in [2.45, 2.75) is 6.92 Å². The van der Waals surface area contributed by atoms with Gasteiger partial charge in [-0.2, -0.15) is 5.10 Å². The lowest BCUT2D eigenvalue weighted by molar-refractivity contribution is 0.0695. The number of rotatable bonds is 2. The van der Waals surface area contributed by atoms with Crippen molar-refractivity contribution in [3.8, 4) is 5.69 Å². The van der Waals surface area contributed by atoms with Gasteiger partial charge in [-0.1, -0.05) is 0 Å². The van der Waals surface area contributed by atoms with Gasteiger partial charge in [0.05, 0.1) is 17.4 Å². The zero-order chi connectivity index (χ0) is 10.8. The van der Waals surface area contributed by atoms with Crippen LogP contribution in [0.4, 0.5) is 0 Å². The largest absolute Gasteiger partial charge is 0.478 e. The standard InChI is InChI=1S/C10H9N3O2/c1-7-8(10(14)15)5-11-6-9(7)13-4-2-3-12-13/h2-6H,1H3,(H,14,15). The van der Waals surface area contributed by atoms with Crippen LogP contribution in [0.15, 0.2) is 30.9 Å². The number of carboxylic acid groups (broad SMARTS) is 1. The minimum atomic E-state index is -0.978. The molecular weight excluding hydrogens is 194 g/mol. The summed E-state index contributed by atoms with van der Waals surface area (Å²) in [6.07, 6.45) is 6.31. The third-order valence-electron chi connectivity index (χ3n) is 2.17. The molecule has 0 radical (unpaired) electrons. The fourth-order valence-electron chi connectivity index (χ4n) is 1.37. The van der Waals surface area contributed by atoms with Gasteiger partial charge in [-0.05, 0) is 18.6 Å². The summed E-state index contributed by atoms with van der Waals surface area (Å²) < 4.78 is 1.59. The second kappa shape index (κ2) is 3.53. The highest BCUT2D eigenvalue weighted by molar-refractivity contribution is 5.89. The van der Waals surface area contributed by atoms with Crippen LogP contribution < -0.4 is 0 Å². The minimum Gasteiger partial charge on any atom is -0.478 e. The van der Waals surface area contributed by atoms with E-state index in [0.717, 1.165) is 0 Å². The maximum atomic E-state index is 10.9. The molecule has 15 heavy (non-hydrogen) atoms. The highest BCUT2D eigenvalue weighted by Crippen LogP contribution is 2.15. The molecule has 0 atom stereocenters. The van der Waals surface area contributed by atoms with E-state index in [2.05, 4.69) is 10.1 Å². The fourth-order valence-corrected chi connectivity index (χ4v) is 1.37. The number of carboxylic acids is 1. The van der Waals surface area contributed by atoms with Crippen LogP contribution in [0.2, 0.25) is 0 Å². The summed E-state index contributed by atoms with van der Waals surface area (Å²) in [6, 6.07) is 1.77. The van der Waals surface area contributed by atoms with Gasteiger partial charge >= 0.3 is 5.97 Å². The Morgan fingerprint density at radius 2 is 2.27 bits per heavy atom. The normalized spacial score (nSPS) is 10.2. The maximum Gasteiger partial charge on any atom is 0.337 e. The molecular formula is C10H9N3O2. The van der Waals surface area contributed by atoms with Crippen LogP contribution in [0.1, 0.15) is 15.9 Å². The lowest BCUT2D eigenvalue weighted by Crippen LogP contribution is -2.06. The van der Waals surface area contributed by atoms with E-state index in [9.17, 15) is 4.79 Å². The first-order valence-corrected chi connectivity index (χ1v) is 4.38. The van der Waals surface area contributed by atoms with Gasteiger partial charge in [0, 0.05) is 18.6 Å². The number of nitrogens with zero attached hydrogens (tertiary/aromatic N) is 3. The maximum absolute atomic E-state index is 10.9. The fraction of sp³-hybridized carbons (Fsp3) is 0.100. The lowest BCUT2D eigenvalue weighted by Gasteiger charge is -2.07. The van der Waals surface area contributed by atoms with E-state index in [1.54, 1.807) is 36.3 Å². The Balaban J connectivity index is 2.59. The third kappa shape index (κ3) is 1.59. The quantitative estimate of drug-likeness (QED) is 0.798. The number of hydrogen-bond donors (Lipinski definition) is 1. The van der Waals surface area contributed by atoms with Crippen LogP contribution in [0.5, 0.6) is 0 Å². The van der Waals surface area contributed by atoms with Crippen molar-refractivity contribution < 1.29 is 9.90 Å². The first kappa shape index (κ1) is 9.39. The molecule has 0 saturated heterocycles. The van der Waals surface area contributed by atoms with Crippen LogP contribution in [-0.4, -0.2) is 25.8 Å². The van der Waals surface area contributed by atoms with E-state index in [0.29, 0.717) is 11.3 Å². The molecule has 5 nitrogen and oxygen atoms in total. The van der Waals surface area contributed by atoms with Crippen molar-refractivity contribution >= 4 is 5.97 Å². The molecule has 0 aliphatic heterocycles. The number of pyridine rings is 1. The van der Waals surface area contributed by atoms with Crippen LogP contribution in [0.3, 0.4) is 0 Å². The number of aromatic carboxylic acids is 1. The summed E-state index contributed by atoms with van der Waals surface area (Å²) >= 11 is 0. The first-order chi connectivity index (χ1) is 7.20. The van der Waals surface area contributed by atoms with Crippen LogP contribution in [0, 0.1) is 6.92 Å². The molecule has 5 heteroatoms. The lowest BCUT2D eigenvalue weighted by atomic mass is 10.1. The van der Waals surface area contributed by atoms with E-state index < -0.39 is 5.97 Å². The van der Waals surface area contributed by atoms with Gasteiger partial charge in [-0.3, -0.25) is 4.98 Å². The predicted molar refractivity (Wildman–Crippen MR) is 53.1 cm³/mol. The molecule has 0 saturated carbocycles.